The topological polar surface area (TPSA) is 127 Å². The van der Waals surface area contributed by atoms with Gasteiger partial charge in [-0.1, -0.05) is 53.5 Å². The first-order valence-corrected chi connectivity index (χ1v) is 14.4. The fraction of sp³-hybridized carbons (Fsp3) is 0.259. The van der Waals surface area contributed by atoms with E-state index in [2.05, 4.69) is 10.2 Å². The number of carboxylic acids is 1. The minimum Gasteiger partial charge on any atom is -0.508 e. The number of carbonyl (C=O) groups excluding carboxylic acids is 1. The average molecular weight is 593 g/mol. The van der Waals surface area contributed by atoms with E-state index >= 15 is 0 Å². The third kappa shape index (κ3) is 6.83. The number of likely N-dealkylation sites (tertiary alicyclic amines) is 1. The van der Waals surface area contributed by atoms with Crippen molar-refractivity contribution in [3.05, 3.63) is 94.0 Å². The van der Waals surface area contributed by atoms with Crippen LogP contribution in [-0.4, -0.2) is 66.3 Å². The Kier molecular flexibility index (Phi) is 8.70. The molecule has 0 radical (unpaired) electrons. The number of hydrogen-bond acceptors (Lipinski definition) is 6. The highest BCUT2D eigenvalue weighted by Crippen LogP contribution is 2.37. The molecule has 1 heterocycles. The Balaban J connectivity index is 1.62. The maximum Gasteiger partial charge on any atom is 0.325 e. The highest BCUT2D eigenvalue weighted by molar-refractivity contribution is 7.93. The van der Waals surface area contributed by atoms with Crippen molar-refractivity contribution in [2.45, 2.75) is 25.0 Å². The predicted molar refractivity (Wildman–Crippen MR) is 150 cm³/mol. The first-order chi connectivity index (χ1) is 18.4. The third-order valence-electron chi connectivity index (χ3n) is 6.40. The number of phenolic OH excluding ortho intramolecular Hbond substituents is 1. The monoisotopic (exact) mass is 591 g/mol. The van der Waals surface area contributed by atoms with Crippen molar-refractivity contribution in [1.29, 1.82) is 0 Å². The smallest absolute Gasteiger partial charge is 0.325 e. The van der Waals surface area contributed by atoms with E-state index in [1.165, 1.54) is 31.2 Å². The van der Waals surface area contributed by atoms with Crippen molar-refractivity contribution in [3.63, 3.8) is 0 Å². The van der Waals surface area contributed by atoms with Crippen LogP contribution in [-0.2, 0) is 19.6 Å². The maximum absolute atomic E-state index is 13.5. The molecule has 0 bridgehead atoms. The number of phenols is 1. The van der Waals surface area contributed by atoms with Gasteiger partial charge in [0, 0.05) is 29.2 Å². The third-order valence-corrected chi connectivity index (χ3v) is 8.64. The standard InChI is InChI=1S/C27H27Cl2N3O6S/c1-17(27(35)36)30-25(34)16-39(37,38)32(22-3-2-4-24(33)13-22)23-14-31(15-23)26(18-5-9-20(28)10-6-18)19-7-11-21(29)12-8-19/h2-13,17,23,26,33H,14-16H2,1H3,(H,30,34)(H,35,36). The summed E-state index contributed by atoms with van der Waals surface area (Å²) in [6, 6.07) is 18.6. The number of carbonyl (C=O) groups is 2. The molecule has 3 aromatic carbocycles. The second kappa shape index (κ2) is 11.8. The predicted octanol–water partition coefficient (Wildman–Crippen LogP) is 3.90. The van der Waals surface area contributed by atoms with Crippen molar-refractivity contribution in [2.75, 3.05) is 23.1 Å². The van der Waals surface area contributed by atoms with Gasteiger partial charge in [0.1, 0.15) is 17.5 Å². The van der Waals surface area contributed by atoms with E-state index in [0.717, 1.165) is 15.4 Å². The summed E-state index contributed by atoms with van der Waals surface area (Å²) >= 11 is 12.2. The van der Waals surface area contributed by atoms with Gasteiger partial charge in [-0.2, -0.15) is 0 Å². The first-order valence-electron chi connectivity index (χ1n) is 12.0. The van der Waals surface area contributed by atoms with Crippen LogP contribution in [0, 0.1) is 0 Å². The van der Waals surface area contributed by atoms with Crippen molar-refractivity contribution in [1.82, 2.24) is 10.2 Å². The number of benzene rings is 3. The van der Waals surface area contributed by atoms with E-state index in [-0.39, 0.29) is 17.5 Å². The van der Waals surface area contributed by atoms with E-state index in [0.29, 0.717) is 23.1 Å². The van der Waals surface area contributed by atoms with Gasteiger partial charge in [0.15, 0.2) is 0 Å². The molecule has 0 spiro atoms. The van der Waals surface area contributed by atoms with Gasteiger partial charge in [-0.15, -0.1) is 0 Å². The molecule has 39 heavy (non-hydrogen) atoms. The lowest BCUT2D eigenvalue weighted by atomic mass is 9.93. The molecule has 1 atom stereocenters. The number of hydrogen-bond donors (Lipinski definition) is 3. The van der Waals surface area contributed by atoms with Gasteiger partial charge in [-0.25, -0.2) is 8.42 Å². The number of carboxylic acid groups (broad SMARTS) is 1. The van der Waals surface area contributed by atoms with Crippen LogP contribution in [0.1, 0.15) is 24.1 Å². The molecular formula is C27H27Cl2N3O6S. The van der Waals surface area contributed by atoms with Gasteiger partial charge in [-0.3, -0.25) is 18.8 Å². The fourth-order valence-corrected chi connectivity index (χ4v) is 6.39. The number of sulfonamides is 1. The van der Waals surface area contributed by atoms with E-state index in [9.17, 15) is 23.1 Å². The molecule has 3 N–H and O–H groups in total. The van der Waals surface area contributed by atoms with E-state index in [4.69, 9.17) is 28.3 Å². The summed E-state index contributed by atoms with van der Waals surface area (Å²) in [5.74, 6) is -3.30. The number of nitrogens with zero attached hydrogens (tertiary/aromatic N) is 2. The zero-order valence-corrected chi connectivity index (χ0v) is 23.2. The van der Waals surface area contributed by atoms with Crippen molar-refractivity contribution in [2.24, 2.45) is 0 Å². The minimum atomic E-state index is -4.26. The van der Waals surface area contributed by atoms with Crippen LogP contribution in [0.2, 0.25) is 10.0 Å². The SMILES string of the molecule is CC(NC(=O)CS(=O)(=O)N(c1cccc(O)c1)C1CN(C(c2ccc(Cl)cc2)c2ccc(Cl)cc2)C1)C(=O)O. The molecule has 12 heteroatoms. The molecule has 1 aliphatic rings. The molecule has 0 saturated carbocycles. The zero-order valence-electron chi connectivity index (χ0n) is 20.9. The number of rotatable bonds is 10. The highest BCUT2D eigenvalue weighted by atomic mass is 35.5. The summed E-state index contributed by atoms with van der Waals surface area (Å²) in [4.78, 5) is 25.6. The number of aromatic hydroxyl groups is 1. The van der Waals surface area contributed by atoms with Gasteiger partial charge in [0.05, 0.1) is 17.8 Å². The van der Waals surface area contributed by atoms with Crippen LogP contribution in [0.25, 0.3) is 0 Å². The summed E-state index contributed by atoms with van der Waals surface area (Å²) in [6.07, 6.45) is 0. The van der Waals surface area contributed by atoms with Crippen molar-refractivity contribution in [3.8, 4) is 5.75 Å². The molecule has 3 aromatic rings. The molecule has 206 valence electrons. The average Bonchev–Trinajstić information content (AvgIpc) is 2.84. The molecule has 1 aliphatic heterocycles. The number of amides is 1. The normalized spacial score (nSPS) is 15.0. The van der Waals surface area contributed by atoms with Gasteiger partial charge in [0.25, 0.3) is 0 Å². The molecule has 9 nitrogen and oxygen atoms in total. The van der Waals surface area contributed by atoms with Crippen LogP contribution in [0.15, 0.2) is 72.8 Å². The van der Waals surface area contributed by atoms with Gasteiger partial charge in [0.2, 0.25) is 15.9 Å². The lowest BCUT2D eigenvalue weighted by molar-refractivity contribution is -0.140. The van der Waals surface area contributed by atoms with E-state index in [1.54, 1.807) is 24.3 Å². The Hall–Kier alpha value is -3.31. The van der Waals surface area contributed by atoms with Crippen LogP contribution >= 0.6 is 23.2 Å². The van der Waals surface area contributed by atoms with Gasteiger partial charge >= 0.3 is 5.97 Å². The molecule has 4 rings (SSSR count). The quantitative estimate of drug-likeness (QED) is 0.326. The number of aliphatic carboxylic acids is 1. The first kappa shape index (κ1) is 28.7. The number of anilines is 1. The number of nitrogens with one attached hydrogen (secondary N) is 1. The Labute approximate surface area is 236 Å². The van der Waals surface area contributed by atoms with E-state index < -0.39 is 39.7 Å². The molecule has 0 aromatic heterocycles. The Morgan fingerprint density at radius 1 is 1.00 bits per heavy atom. The Bertz CT molecular complexity index is 1400. The molecule has 1 unspecified atom stereocenters. The molecule has 1 fully saturated rings. The fourth-order valence-electron chi connectivity index (χ4n) is 4.56. The van der Waals surface area contributed by atoms with E-state index in [1.807, 2.05) is 24.3 Å². The van der Waals surface area contributed by atoms with Gasteiger partial charge < -0.3 is 15.5 Å². The Morgan fingerprint density at radius 3 is 2.03 bits per heavy atom. The van der Waals surface area contributed by atoms with Crippen molar-refractivity contribution < 1.29 is 28.2 Å². The lowest BCUT2D eigenvalue weighted by Crippen LogP contribution is -2.62. The largest absolute Gasteiger partial charge is 0.508 e. The molecule has 0 aliphatic carbocycles. The second-order valence-corrected chi connectivity index (χ2v) is 12.0. The summed E-state index contributed by atoms with van der Waals surface area (Å²) in [6.45, 7) is 1.88. The lowest BCUT2D eigenvalue weighted by Gasteiger charge is -2.49. The van der Waals surface area contributed by atoms with Gasteiger partial charge in [-0.05, 0) is 54.4 Å². The van der Waals surface area contributed by atoms with Crippen LogP contribution in [0.3, 0.4) is 0 Å². The summed E-state index contributed by atoms with van der Waals surface area (Å²) in [7, 11) is -4.26. The summed E-state index contributed by atoms with van der Waals surface area (Å²) < 4.78 is 28.2. The Morgan fingerprint density at radius 2 is 1.54 bits per heavy atom. The minimum absolute atomic E-state index is 0.131. The molecular weight excluding hydrogens is 565 g/mol. The van der Waals surface area contributed by atoms with Crippen LogP contribution < -0.4 is 9.62 Å². The summed E-state index contributed by atoms with van der Waals surface area (Å²) in [5.41, 5.74) is 2.11. The second-order valence-electron chi connectivity index (χ2n) is 9.31. The maximum atomic E-state index is 13.5. The highest BCUT2D eigenvalue weighted by Gasteiger charge is 2.42. The summed E-state index contributed by atoms with van der Waals surface area (Å²) in [5, 5.41) is 22.5. The van der Waals surface area contributed by atoms with Crippen molar-refractivity contribution >= 4 is 50.8 Å². The van der Waals surface area contributed by atoms with Crippen LogP contribution in [0.4, 0.5) is 5.69 Å². The molecule has 1 amide bonds. The van der Waals surface area contributed by atoms with Crippen LogP contribution in [0.5, 0.6) is 5.75 Å². The number of halogens is 2. The zero-order chi connectivity index (χ0) is 28.3. The molecule has 1 saturated heterocycles.